The molecule has 0 aliphatic rings. The van der Waals surface area contributed by atoms with Crippen molar-refractivity contribution in [1.82, 2.24) is 4.57 Å². The van der Waals surface area contributed by atoms with Crippen LogP contribution in [-0.4, -0.2) is 15.6 Å². The average molecular weight is 247 g/mol. The molecule has 0 radical (unpaired) electrons. The fraction of sp³-hybridized carbons (Fsp3) is 0.0769. The lowest BCUT2D eigenvalue weighted by Crippen LogP contribution is -2.06. The zero-order valence-corrected chi connectivity index (χ0v) is 9.34. The standard InChI is InChI=1S/C13H10FNO3/c14-11-6-9(5-10(7-11)13(17)18)8-15-3-1-12(16)2-4-15/h1-7H,8H2,(H,17,18). The number of carboxylic acid groups (broad SMARTS) is 1. The number of hydrogen-bond acceptors (Lipinski definition) is 2. The second-order valence-electron chi connectivity index (χ2n) is 3.86. The summed E-state index contributed by atoms with van der Waals surface area (Å²) >= 11 is 0. The first-order valence-corrected chi connectivity index (χ1v) is 5.23. The maximum absolute atomic E-state index is 13.2. The van der Waals surface area contributed by atoms with Gasteiger partial charge < -0.3 is 9.67 Å². The quantitative estimate of drug-likeness (QED) is 0.898. The normalized spacial score (nSPS) is 10.3. The van der Waals surface area contributed by atoms with E-state index < -0.39 is 11.8 Å². The molecule has 0 aliphatic carbocycles. The molecule has 2 rings (SSSR count). The predicted octanol–water partition coefficient (Wildman–Crippen LogP) is 1.73. The van der Waals surface area contributed by atoms with Gasteiger partial charge in [0.15, 0.2) is 5.43 Å². The van der Waals surface area contributed by atoms with Gasteiger partial charge in [-0.1, -0.05) is 0 Å². The molecule has 92 valence electrons. The maximum Gasteiger partial charge on any atom is 0.335 e. The Kier molecular flexibility index (Phi) is 3.23. The first-order valence-electron chi connectivity index (χ1n) is 5.23. The molecule has 2 aromatic rings. The van der Waals surface area contributed by atoms with Crippen LogP contribution in [-0.2, 0) is 6.54 Å². The van der Waals surface area contributed by atoms with E-state index in [1.165, 1.54) is 24.3 Å². The summed E-state index contributed by atoms with van der Waals surface area (Å²) in [6.45, 7) is 0.304. The lowest BCUT2D eigenvalue weighted by Gasteiger charge is -2.07. The number of rotatable bonds is 3. The molecule has 0 saturated heterocycles. The summed E-state index contributed by atoms with van der Waals surface area (Å²) in [5.41, 5.74) is 0.318. The van der Waals surface area contributed by atoms with Crippen LogP contribution in [0.25, 0.3) is 0 Å². The highest BCUT2D eigenvalue weighted by atomic mass is 19.1. The third-order valence-electron chi connectivity index (χ3n) is 2.43. The second kappa shape index (κ2) is 4.83. The Balaban J connectivity index is 2.31. The van der Waals surface area contributed by atoms with Crippen molar-refractivity contribution in [3.8, 4) is 0 Å². The Hall–Kier alpha value is -2.43. The molecule has 1 aromatic heterocycles. The van der Waals surface area contributed by atoms with E-state index in [0.29, 0.717) is 12.1 Å². The highest BCUT2D eigenvalue weighted by Gasteiger charge is 2.07. The summed E-state index contributed by atoms with van der Waals surface area (Å²) < 4.78 is 14.9. The fourth-order valence-corrected chi connectivity index (χ4v) is 1.63. The largest absolute Gasteiger partial charge is 0.478 e. The van der Waals surface area contributed by atoms with Gasteiger partial charge >= 0.3 is 5.97 Å². The van der Waals surface area contributed by atoms with Gasteiger partial charge in [-0.05, 0) is 23.8 Å². The maximum atomic E-state index is 13.2. The smallest absolute Gasteiger partial charge is 0.335 e. The van der Waals surface area contributed by atoms with Crippen LogP contribution in [0.4, 0.5) is 4.39 Å². The number of carboxylic acids is 1. The molecular formula is C13H10FNO3. The zero-order chi connectivity index (χ0) is 13.1. The van der Waals surface area contributed by atoms with Crippen LogP contribution in [0.3, 0.4) is 0 Å². The minimum atomic E-state index is -1.17. The molecule has 1 N–H and O–H groups in total. The van der Waals surface area contributed by atoms with Crippen molar-refractivity contribution in [3.05, 3.63) is 69.9 Å². The van der Waals surface area contributed by atoms with E-state index in [4.69, 9.17) is 5.11 Å². The second-order valence-corrected chi connectivity index (χ2v) is 3.86. The molecule has 5 heteroatoms. The van der Waals surface area contributed by atoms with Crippen LogP contribution < -0.4 is 5.43 Å². The van der Waals surface area contributed by atoms with Crippen LogP contribution in [0.2, 0.25) is 0 Å². The Morgan fingerprint density at radius 2 is 1.89 bits per heavy atom. The summed E-state index contributed by atoms with van der Waals surface area (Å²) in [7, 11) is 0. The topological polar surface area (TPSA) is 59.3 Å². The first kappa shape index (κ1) is 12.0. The molecule has 0 aliphatic heterocycles. The number of halogens is 1. The van der Waals surface area contributed by atoms with Gasteiger partial charge in [-0.15, -0.1) is 0 Å². The highest BCUT2D eigenvalue weighted by molar-refractivity contribution is 5.87. The Labute approximate surface area is 102 Å². The number of benzene rings is 1. The molecule has 1 aromatic carbocycles. The van der Waals surface area contributed by atoms with Crippen LogP contribution >= 0.6 is 0 Å². The molecule has 0 saturated carbocycles. The number of pyridine rings is 1. The molecule has 0 atom stereocenters. The van der Waals surface area contributed by atoms with Crippen LogP contribution in [0.15, 0.2) is 47.5 Å². The van der Waals surface area contributed by atoms with E-state index in [1.807, 2.05) is 0 Å². The van der Waals surface area contributed by atoms with Gasteiger partial charge in [-0.3, -0.25) is 4.79 Å². The van der Waals surface area contributed by atoms with E-state index in [-0.39, 0.29) is 11.0 Å². The fourth-order valence-electron chi connectivity index (χ4n) is 1.63. The van der Waals surface area contributed by atoms with Gasteiger partial charge in [0, 0.05) is 31.1 Å². The lowest BCUT2D eigenvalue weighted by atomic mass is 10.1. The molecule has 0 fully saturated rings. The monoisotopic (exact) mass is 247 g/mol. The number of nitrogens with zero attached hydrogens (tertiary/aromatic N) is 1. The lowest BCUT2D eigenvalue weighted by molar-refractivity contribution is 0.0696. The Morgan fingerprint density at radius 3 is 2.50 bits per heavy atom. The molecule has 0 spiro atoms. The molecule has 0 bridgehead atoms. The molecular weight excluding hydrogens is 237 g/mol. The minimum Gasteiger partial charge on any atom is -0.478 e. The summed E-state index contributed by atoms with van der Waals surface area (Å²) in [5.74, 6) is -1.76. The van der Waals surface area contributed by atoms with Gasteiger partial charge in [0.2, 0.25) is 0 Å². The van der Waals surface area contributed by atoms with Crippen molar-refractivity contribution in [2.75, 3.05) is 0 Å². The van der Waals surface area contributed by atoms with Crippen LogP contribution in [0.1, 0.15) is 15.9 Å². The average Bonchev–Trinajstić information content (AvgIpc) is 2.31. The number of aromatic nitrogens is 1. The van der Waals surface area contributed by atoms with Crippen molar-refractivity contribution in [3.63, 3.8) is 0 Å². The van der Waals surface area contributed by atoms with Crippen molar-refractivity contribution in [2.24, 2.45) is 0 Å². The molecule has 1 heterocycles. The molecule has 18 heavy (non-hydrogen) atoms. The summed E-state index contributed by atoms with van der Waals surface area (Å²) in [6.07, 6.45) is 3.13. The predicted molar refractivity (Wildman–Crippen MR) is 63.2 cm³/mol. The number of hydrogen-bond donors (Lipinski definition) is 1. The third kappa shape index (κ3) is 2.82. The van der Waals surface area contributed by atoms with Gasteiger partial charge in [0.05, 0.1) is 5.56 Å². The number of aromatic carboxylic acids is 1. The van der Waals surface area contributed by atoms with Crippen LogP contribution in [0, 0.1) is 5.82 Å². The Morgan fingerprint density at radius 1 is 1.22 bits per heavy atom. The summed E-state index contributed by atoms with van der Waals surface area (Å²) in [5, 5.41) is 8.82. The zero-order valence-electron chi connectivity index (χ0n) is 9.34. The van der Waals surface area contributed by atoms with E-state index >= 15 is 0 Å². The molecule has 0 unspecified atom stereocenters. The van der Waals surface area contributed by atoms with Gasteiger partial charge in [-0.25, -0.2) is 9.18 Å². The highest BCUT2D eigenvalue weighted by Crippen LogP contribution is 2.10. The number of carbonyl (C=O) groups is 1. The van der Waals surface area contributed by atoms with E-state index in [2.05, 4.69) is 0 Å². The van der Waals surface area contributed by atoms with Crippen molar-refractivity contribution < 1.29 is 14.3 Å². The SMILES string of the molecule is O=C(O)c1cc(F)cc(Cn2ccc(=O)cc2)c1. The minimum absolute atomic E-state index is 0.0916. The van der Waals surface area contributed by atoms with Gasteiger partial charge in [-0.2, -0.15) is 0 Å². The molecule has 0 amide bonds. The Bertz CT molecular complexity index is 628. The molecule has 4 nitrogen and oxygen atoms in total. The first-order chi connectivity index (χ1) is 8.54. The van der Waals surface area contributed by atoms with Crippen molar-refractivity contribution in [1.29, 1.82) is 0 Å². The van der Waals surface area contributed by atoms with Gasteiger partial charge in [0.25, 0.3) is 0 Å². The summed E-state index contributed by atoms with van der Waals surface area (Å²) in [6, 6.07) is 6.42. The van der Waals surface area contributed by atoms with Crippen molar-refractivity contribution >= 4 is 5.97 Å². The third-order valence-corrected chi connectivity index (χ3v) is 2.43. The summed E-state index contributed by atoms with van der Waals surface area (Å²) in [4.78, 5) is 21.7. The van der Waals surface area contributed by atoms with Crippen molar-refractivity contribution in [2.45, 2.75) is 6.54 Å². The van der Waals surface area contributed by atoms with E-state index in [1.54, 1.807) is 17.0 Å². The van der Waals surface area contributed by atoms with E-state index in [9.17, 15) is 14.0 Å². The van der Waals surface area contributed by atoms with Crippen LogP contribution in [0.5, 0.6) is 0 Å². The van der Waals surface area contributed by atoms with Gasteiger partial charge in [0.1, 0.15) is 5.82 Å². The van der Waals surface area contributed by atoms with E-state index in [0.717, 1.165) is 6.07 Å².